The van der Waals surface area contributed by atoms with Crippen LogP contribution >= 0.6 is 0 Å². The predicted octanol–water partition coefficient (Wildman–Crippen LogP) is 2.67. The number of hydrogen-bond acceptors (Lipinski definition) is 8. The molecule has 3 aromatic rings. The number of aliphatic hydroxyl groups is 1. The SMILES string of the molecule is CCN1CCN(c2nc(C=Cc3ccc(OCCO)cc3)cc3ccoc23)CC1.O=C(O)C(=O)O. The first kappa shape index (κ1) is 25.7. The first-order valence-corrected chi connectivity index (χ1v) is 11.2. The van der Waals surface area contributed by atoms with Gasteiger partial charge in [0.15, 0.2) is 11.4 Å². The lowest BCUT2D eigenvalue weighted by Crippen LogP contribution is -2.46. The van der Waals surface area contributed by atoms with Crippen LogP contribution in [-0.2, 0) is 9.59 Å². The number of fused-ring (bicyclic) bond motifs is 1. The van der Waals surface area contributed by atoms with E-state index in [1.54, 1.807) is 6.26 Å². The van der Waals surface area contributed by atoms with Crippen LogP contribution in [-0.4, -0.2) is 83.1 Å². The fraction of sp³-hybridized carbons (Fsp3) is 0.320. The molecule has 0 unspecified atom stereocenters. The van der Waals surface area contributed by atoms with E-state index in [9.17, 15) is 0 Å². The van der Waals surface area contributed by atoms with E-state index in [4.69, 9.17) is 39.0 Å². The molecule has 3 N–H and O–H groups in total. The fourth-order valence-corrected chi connectivity index (χ4v) is 3.58. The highest BCUT2D eigenvalue weighted by molar-refractivity contribution is 6.27. The Bertz CT molecular complexity index is 1140. The summed E-state index contributed by atoms with van der Waals surface area (Å²) in [6.07, 6.45) is 5.81. The molecular formula is C25H29N3O7. The lowest BCUT2D eigenvalue weighted by atomic mass is 10.1. The molecule has 3 heterocycles. The van der Waals surface area contributed by atoms with Gasteiger partial charge in [0.1, 0.15) is 12.4 Å². The normalized spacial score (nSPS) is 14.1. The van der Waals surface area contributed by atoms with E-state index >= 15 is 0 Å². The van der Waals surface area contributed by atoms with Crippen molar-refractivity contribution in [2.24, 2.45) is 0 Å². The molecular weight excluding hydrogens is 454 g/mol. The molecule has 1 fully saturated rings. The summed E-state index contributed by atoms with van der Waals surface area (Å²) in [6.45, 7) is 7.62. The van der Waals surface area contributed by atoms with Gasteiger partial charge >= 0.3 is 11.9 Å². The zero-order chi connectivity index (χ0) is 25.2. The van der Waals surface area contributed by atoms with Crippen molar-refractivity contribution in [2.75, 3.05) is 50.8 Å². The number of aliphatic hydroxyl groups excluding tert-OH is 1. The quantitative estimate of drug-likeness (QED) is 0.430. The lowest BCUT2D eigenvalue weighted by Gasteiger charge is -2.34. The number of benzene rings is 1. The van der Waals surface area contributed by atoms with E-state index in [-0.39, 0.29) is 6.61 Å². The number of piperazine rings is 1. The number of ether oxygens (including phenoxy) is 1. The first-order valence-electron chi connectivity index (χ1n) is 11.2. The average Bonchev–Trinajstić information content (AvgIpc) is 3.35. The molecule has 0 aliphatic carbocycles. The molecule has 0 saturated carbocycles. The van der Waals surface area contributed by atoms with Crippen molar-refractivity contribution < 1.29 is 34.1 Å². The lowest BCUT2D eigenvalue weighted by molar-refractivity contribution is -0.159. The molecule has 1 aromatic carbocycles. The van der Waals surface area contributed by atoms with E-state index in [1.807, 2.05) is 42.5 Å². The van der Waals surface area contributed by atoms with E-state index in [2.05, 4.69) is 22.8 Å². The van der Waals surface area contributed by atoms with E-state index in [1.165, 1.54) is 0 Å². The molecule has 10 nitrogen and oxygen atoms in total. The van der Waals surface area contributed by atoms with Gasteiger partial charge in [-0.3, -0.25) is 0 Å². The molecule has 0 spiro atoms. The molecule has 1 aliphatic rings. The molecule has 1 aliphatic heterocycles. The summed E-state index contributed by atoms with van der Waals surface area (Å²) in [5.74, 6) is -1.97. The second-order valence-electron chi connectivity index (χ2n) is 7.72. The Kier molecular flexibility index (Phi) is 9.22. The van der Waals surface area contributed by atoms with Crippen molar-refractivity contribution in [3.8, 4) is 5.75 Å². The smallest absolute Gasteiger partial charge is 0.414 e. The largest absolute Gasteiger partial charge is 0.491 e. The van der Waals surface area contributed by atoms with Gasteiger partial charge in [0.2, 0.25) is 0 Å². The second kappa shape index (κ2) is 12.5. The number of carbonyl (C=O) groups is 2. The average molecular weight is 484 g/mol. The summed E-state index contributed by atoms with van der Waals surface area (Å²) in [7, 11) is 0. The Morgan fingerprint density at radius 3 is 2.34 bits per heavy atom. The van der Waals surface area contributed by atoms with Gasteiger partial charge in [-0.1, -0.05) is 25.1 Å². The van der Waals surface area contributed by atoms with Gasteiger partial charge in [-0.05, 0) is 42.4 Å². The molecule has 0 radical (unpaired) electrons. The number of carboxylic acid groups (broad SMARTS) is 2. The van der Waals surface area contributed by atoms with Crippen LogP contribution < -0.4 is 9.64 Å². The summed E-state index contributed by atoms with van der Waals surface area (Å²) in [4.78, 5) is 27.9. The second-order valence-corrected chi connectivity index (χ2v) is 7.72. The van der Waals surface area contributed by atoms with E-state index in [0.29, 0.717) is 6.61 Å². The van der Waals surface area contributed by atoms with Gasteiger partial charge in [0.25, 0.3) is 0 Å². The van der Waals surface area contributed by atoms with Gasteiger partial charge in [-0.15, -0.1) is 0 Å². The van der Waals surface area contributed by atoms with E-state index in [0.717, 1.165) is 66.5 Å². The molecule has 2 aromatic heterocycles. The summed E-state index contributed by atoms with van der Waals surface area (Å²) in [5.41, 5.74) is 2.83. The Labute approximate surface area is 202 Å². The number of pyridine rings is 1. The van der Waals surface area contributed by atoms with Gasteiger partial charge in [-0.25, -0.2) is 14.6 Å². The number of furan rings is 1. The molecule has 0 atom stereocenters. The first-order chi connectivity index (χ1) is 16.9. The van der Waals surface area contributed by atoms with Gasteiger partial charge in [0, 0.05) is 31.6 Å². The van der Waals surface area contributed by atoms with Crippen molar-refractivity contribution in [3.05, 3.63) is 53.9 Å². The van der Waals surface area contributed by atoms with Gasteiger partial charge in [0.05, 0.1) is 18.6 Å². The Balaban J connectivity index is 0.000000509. The molecule has 186 valence electrons. The molecule has 4 rings (SSSR count). The van der Waals surface area contributed by atoms with Crippen LogP contribution in [0.2, 0.25) is 0 Å². The van der Waals surface area contributed by atoms with Crippen LogP contribution in [0.1, 0.15) is 18.2 Å². The van der Waals surface area contributed by atoms with Crippen molar-refractivity contribution in [1.29, 1.82) is 0 Å². The van der Waals surface area contributed by atoms with Crippen LogP contribution in [0, 0.1) is 0 Å². The predicted molar refractivity (Wildman–Crippen MR) is 132 cm³/mol. The Morgan fingerprint density at radius 1 is 1.06 bits per heavy atom. The minimum atomic E-state index is -1.82. The fourth-order valence-electron chi connectivity index (χ4n) is 3.58. The maximum Gasteiger partial charge on any atom is 0.414 e. The number of nitrogens with zero attached hydrogens (tertiary/aromatic N) is 3. The number of anilines is 1. The minimum Gasteiger partial charge on any atom is -0.491 e. The summed E-state index contributed by atoms with van der Waals surface area (Å²) in [6, 6.07) is 11.8. The Morgan fingerprint density at radius 2 is 1.74 bits per heavy atom. The number of aliphatic carboxylic acids is 2. The third kappa shape index (κ3) is 7.29. The molecule has 0 amide bonds. The molecule has 1 saturated heterocycles. The van der Waals surface area contributed by atoms with Gasteiger partial charge in [-0.2, -0.15) is 0 Å². The maximum atomic E-state index is 9.10. The summed E-state index contributed by atoms with van der Waals surface area (Å²) >= 11 is 0. The number of carboxylic acids is 2. The highest BCUT2D eigenvalue weighted by Crippen LogP contribution is 2.28. The van der Waals surface area contributed by atoms with Crippen LogP contribution in [0.5, 0.6) is 5.75 Å². The molecule has 0 bridgehead atoms. The van der Waals surface area contributed by atoms with Crippen LogP contribution in [0.3, 0.4) is 0 Å². The molecule has 35 heavy (non-hydrogen) atoms. The number of rotatable bonds is 7. The number of aromatic nitrogens is 1. The maximum absolute atomic E-state index is 9.10. The van der Waals surface area contributed by atoms with Crippen molar-refractivity contribution >= 4 is 40.9 Å². The number of likely N-dealkylation sites (N-methyl/N-ethyl adjacent to an activating group) is 1. The van der Waals surface area contributed by atoms with Gasteiger partial charge < -0.3 is 34.3 Å². The number of hydrogen-bond donors (Lipinski definition) is 3. The third-order valence-corrected chi connectivity index (χ3v) is 5.43. The monoisotopic (exact) mass is 483 g/mol. The van der Waals surface area contributed by atoms with Crippen LogP contribution in [0.4, 0.5) is 5.82 Å². The van der Waals surface area contributed by atoms with Crippen molar-refractivity contribution in [2.45, 2.75) is 6.92 Å². The Hall–Kier alpha value is -3.89. The third-order valence-electron chi connectivity index (χ3n) is 5.43. The zero-order valence-electron chi connectivity index (χ0n) is 19.5. The van der Waals surface area contributed by atoms with Crippen molar-refractivity contribution in [3.63, 3.8) is 0 Å². The molecule has 10 heteroatoms. The zero-order valence-corrected chi connectivity index (χ0v) is 19.5. The summed E-state index contributed by atoms with van der Waals surface area (Å²) in [5, 5.41) is 24.7. The topological polar surface area (TPSA) is 137 Å². The van der Waals surface area contributed by atoms with Crippen LogP contribution in [0.15, 0.2) is 47.1 Å². The minimum absolute atomic E-state index is 0.0135. The standard InChI is InChI=1S/C23H27N3O3.C2H2O4/c1-2-25-10-12-26(13-11-25)23-22-19(9-15-29-22)17-20(24-23)6-3-18-4-7-21(8-5-18)28-16-14-27;3-1(4)2(5)6/h3-9,15,17,27H,2,10-14,16H2,1H3;(H,3,4)(H,5,6). The highest BCUT2D eigenvalue weighted by atomic mass is 16.5. The van der Waals surface area contributed by atoms with E-state index < -0.39 is 11.9 Å². The highest BCUT2D eigenvalue weighted by Gasteiger charge is 2.20. The summed E-state index contributed by atoms with van der Waals surface area (Å²) < 4.78 is 11.1. The van der Waals surface area contributed by atoms with Crippen LogP contribution in [0.25, 0.3) is 23.1 Å². The van der Waals surface area contributed by atoms with Crippen molar-refractivity contribution in [1.82, 2.24) is 9.88 Å².